The number of benzene rings is 1. The summed E-state index contributed by atoms with van der Waals surface area (Å²) in [5, 5.41) is 4.08. The topological polar surface area (TPSA) is 81.4 Å². The minimum atomic E-state index is -3.84. The number of ether oxygens (including phenoxy) is 1. The van der Waals surface area contributed by atoms with Gasteiger partial charge in [0.15, 0.2) is 10.7 Å². The number of anilines is 1. The van der Waals surface area contributed by atoms with Crippen LogP contribution in [0.25, 0.3) is 0 Å². The van der Waals surface area contributed by atoms with Gasteiger partial charge < -0.3 is 9.26 Å². The third-order valence-corrected chi connectivity index (χ3v) is 4.98. The Kier molecular flexibility index (Phi) is 4.15. The van der Waals surface area contributed by atoms with Gasteiger partial charge >= 0.3 is 0 Å². The van der Waals surface area contributed by atoms with Gasteiger partial charge in [0.2, 0.25) is 0 Å². The number of aromatic nitrogens is 1. The van der Waals surface area contributed by atoms with E-state index in [0.29, 0.717) is 10.8 Å². The van der Waals surface area contributed by atoms with Crippen molar-refractivity contribution in [1.29, 1.82) is 0 Å². The van der Waals surface area contributed by atoms with Gasteiger partial charge in [-0.15, -0.1) is 0 Å². The molecule has 0 fully saturated rings. The Morgan fingerprint density at radius 1 is 1.29 bits per heavy atom. The molecule has 114 valence electrons. The highest BCUT2D eigenvalue weighted by Gasteiger charge is 2.25. The second-order valence-electron chi connectivity index (χ2n) is 4.56. The maximum absolute atomic E-state index is 12.5. The number of hydrogen-bond donors (Lipinski definition) is 1. The lowest BCUT2D eigenvalue weighted by Gasteiger charge is -2.13. The van der Waals surface area contributed by atoms with Crippen LogP contribution in [0.5, 0.6) is 5.75 Å². The highest BCUT2D eigenvalue weighted by molar-refractivity contribution is 7.92. The zero-order valence-electron chi connectivity index (χ0n) is 12.0. The Labute approximate surface area is 128 Å². The van der Waals surface area contributed by atoms with Crippen LogP contribution in [-0.2, 0) is 10.0 Å². The highest BCUT2D eigenvalue weighted by atomic mass is 35.5. The number of sulfonamides is 1. The zero-order chi connectivity index (χ0) is 15.8. The fraction of sp³-hybridized carbons (Fsp3) is 0.308. The molecular formula is C13H15ClN2O4S. The van der Waals surface area contributed by atoms with Crippen LogP contribution in [0.2, 0.25) is 5.02 Å². The molecule has 0 aliphatic heterocycles. The molecule has 2 rings (SSSR count). The number of methoxy groups -OCH3 is 1. The van der Waals surface area contributed by atoms with Crippen LogP contribution in [0.15, 0.2) is 21.6 Å². The summed E-state index contributed by atoms with van der Waals surface area (Å²) in [6.07, 6.45) is 0. The van der Waals surface area contributed by atoms with E-state index in [1.807, 2.05) is 0 Å². The van der Waals surface area contributed by atoms with E-state index in [1.165, 1.54) is 20.1 Å². The monoisotopic (exact) mass is 330 g/mol. The molecular weight excluding hydrogens is 316 g/mol. The first kappa shape index (κ1) is 15.7. The smallest absolute Gasteiger partial charge is 0.267 e. The third-order valence-electron chi connectivity index (χ3n) is 2.96. The molecule has 0 aliphatic rings. The van der Waals surface area contributed by atoms with Gasteiger partial charge in [-0.25, -0.2) is 8.42 Å². The van der Waals surface area contributed by atoms with E-state index < -0.39 is 10.0 Å². The second kappa shape index (κ2) is 5.57. The quantitative estimate of drug-likeness (QED) is 0.931. The lowest BCUT2D eigenvalue weighted by atomic mass is 10.2. The van der Waals surface area contributed by atoms with Crippen molar-refractivity contribution in [2.75, 3.05) is 11.8 Å². The van der Waals surface area contributed by atoms with Crippen molar-refractivity contribution in [3.05, 3.63) is 34.2 Å². The SMILES string of the molecule is COc1cc(C)c(Cl)cc1NS(=O)(=O)c1c(C)noc1C. The fourth-order valence-corrected chi connectivity index (χ4v) is 3.51. The van der Waals surface area contributed by atoms with Crippen molar-refractivity contribution in [1.82, 2.24) is 5.16 Å². The largest absolute Gasteiger partial charge is 0.495 e. The van der Waals surface area contributed by atoms with Crippen LogP contribution in [0, 0.1) is 20.8 Å². The number of rotatable bonds is 4. The third kappa shape index (κ3) is 2.98. The molecule has 1 aromatic carbocycles. The molecule has 0 aliphatic carbocycles. The van der Waals surface area contributed by atoms with Gasteiger partial charge in [-0.1, -0.05) is 16.8 Å². The molecule has 6 nitrogen and oxygen atoms in total. The number of halogens is 1. The van der Waals surface area contributed by atoms with Gasteiger partial charge in [-0.05, 0) is 38.5 Å². The standard InChI is InChI=1S/C13H15ClN2O4S/c1-7-5-12(19-4)11(6-10(7)14)16-21(17,18)13-8(2)15-20-9(13)3/h5-6,16H,1-4H3. The minimum absolute atomic E-state index is 0.0150. The van der Waals surface area contributed by atoms with E-state index in [0.717, 1.165) is 5.56 Å². The Bertz CT molecular complexity index is 764. The lowest BCUT2D eigenvalue weighted by molar-refractivity contribution is 0.390. The fourth-order valence-electron chi connectivity index (χ4n) is 1.96. The molecule has 2 aromatic rings. The molecule has 8 heteroatoms. The van der Waals surface area contributed by atoms with E-state index in [1.54, 1.807) is 19.9 Å². The Morgan fingerprint density at radius 2 is 1.95 bits per heavy atom. The predicted octanol–water partition coefficient (Wildman–Crippen LogP) is 3.06. The number of nitrogens with zero attached hydrogens (tertiary/aromatic N) is 1. The summed E-state index contributed by atoms with van der Waals surface area (Å²) < 4.78 is 37.4. The first-order valence-corrected chi connectivity index (χ1v) is 7.92. The van der Waals surface area contributed by atoms with Gasteiger partial charge in [0.05, 0.1) is 12.8 Å². The second-order valence-corrected chi connectivity index (χ2v) is 6.59. The first-order valence-electron chi connectivity index (χ1n) is 6.06. The Morgan fingerprint density at radius 3 is 2.48 bits per heavy atom. The summed E-state index contributed by atoms with van der Waals surface area (Å²) in [5.41, 5.74) is 1.33. The summed E-state index contributed by atoms with van der Waals surface area (Å²) in [7, 11) is -2.38. The Hall–Kier alpha value is -1.73. The average Bonchev–Trinajstić information content (AvgIpc) is 2.73. The van der Waals surface area contributed by atoms with Crippen LogP contribution < -0.4 is 9.46 Å². The van der Waals surface area contributed by atoms with Crippen LogP contribution in [-0.4, -0.2) is 20.7 Å². The van der Waals surface area contributed by atoms with Gasteiger partial charge in [0.1, 0.15) is 11.4 Å². The maximum atomic E-state index is 12.5. The number of hydrogen-bond acceptors (Lipinski definition) is 5. The average molecular weight is 331 g/mol. The molecule has 0 atom stereocenters. The van der Waals surface area contributed by atoms with Crippen LogP contribution >= 0.6 is 11.6 Å². The van der Waals surface area contributed by atoms with E-state index in [2.05, 4.69) is 9.88 Å². The molecule has 0 spiro atoms. The lowest BCUT2D eigenvalue weighted by Crippen LogP contribution is -2.15. The number of aryl methyl sites for hydroxylation is 3. The van der Waals surface area contributed by atoms with Crippen LogP contribution in [0.1, 0.15) is 17.0 Å². The van der Waals surface area contributed by atoms with Gasteiger partial charge in [0.25, 0.3) is 10.0 Å². The summed E-state index contributed by atoms with van der Waals surface area (Å²) in [4.78, 5) is 0.0150. The Balaban J connectivity index is 2.49. The normalized spacial score (nSPS) is 11.5. The van der Waals surface area contributed by atoms with E-state index in [-0.39, 0.29) is 22.0 Å². The van der Waals surface area contributed by atoms with Crippen molar-refractivity contribution in [2.24, 2.45) is 0 Å². The van der Waals surface area contributed by atoms with Gasteiger partial charge in [-0.2, -0.15) is 0 Å². The van der Waals surface area contributed by atoms with Crippen LogP contribution in [0.4, 0.5) is 5.69 Å². The predicted molar refractivity (Wildman–Crippen MR) is 79.5 cm³/mol. The first-order chi connectivity index (χ1) is 9.76. The van der Waals surface area contributed by atoms with Crippen molar-refractivity contribution in [3.8, 4) is 5.75 Å². The van der Waals surface area contributed by atoms with Gasteiger partial charge in [-0.3, -0.25) is 4.72 Å². The van der Waals surface area contributed by atoms with Crippen molar-refractivity contribution < 1.29 is 17.7 Å². The number of nitrogens with one attached hydrogen (secondary N) is 1. The van der Waals surface area contributed by atoms with Crippen LogP contribution in [0.3, 0.4) is 0 Å². The van der Waals surface area contributed by atoms with E-state index >= 15 is 0 Å². The summed E-state index contributed by atoms with van der Waals surface area (Å²) in [6, 6.07) is 3.17. The van der Waals surface area contributed by atoms with E-state index in [4.69, 9.17) is 20.9 Å². The van der Waals surface area contributed by atoms with E-state index in [9.17, 15) is 8.42 Å². The van der Waals surface area contributed by atoms with Crippen molar-refractivity contribution in [2.45, 2.75) is 25.7 Å². The highest BCUT2D eigenvalue weighted by Crippen LogP contribution is 2.33. The molecule has 0 bridgehead atoms. The molecule has 0 saturated heterocycles. The molecule has 1 heterocycles. The zero-order valence-corrected chi connectivity index (χ0v) is 13.6. The summed E-state index contributed by atoms with van der Waals surface area (Å²) in [6.45, 7) is 4.90. The molecule has 1 aromatic heterocycles. The molecule has 0 radical (unpaired) electrons. The molecule has 0 amide bonds. The summed E-state index contributed by atoms with van der Waals surface area (Å²) >= 11 is 6.04. The summed E-state index contributed by atoms with van der Waals surface area (Å²) in [5.74, 6) is 0.601. The minimum Gasteiger partial charge on any atom is -0.495 e. The van der Waals surface area contributed by atoms with Crippen molar-refractivity contribution >= 4 is 27.3 Å². The molecule has 21 heavy (non-hydrogen) atoms. The molecule has 0 saturated carbocycles. The maximum Gasteiger partial charge on any atom is 0.267 e. The van der Waals surface area contributed by atoms with Gasteiger partial charge in [0, 0.05) is 5.02 Å². The molecule has 0 unspecified atom stereocenters. The molecule has 1 N–H and O–H groups in total. The van der Waals surface area contributed by atoms with Crippen molar-refractivity contribution in [3.63, 3.8) is 0 Å².